The number of pyridine rings is 1. The van der Waals surface area contributed by atoms with Gasteiger partial charge in [-0.25, -0.2) is 9.78 Å². The first-order valence-corrected chi connectivity index (χ1v) is 14.0. The molecule has 0 aliphatic rings. The number of rotatable bonds is 8. The summed E-state index contributed by atoms with van der Waals surface area (Å²) in [6, 6.07) is 15.2. The summed E-state index contributed by atoms with van der Waals surface area (Å²) >= 11 is 0. The second-order valence-corrected chi connectivity index (χ2v) is 11.6. The molecule has 0 aliphatic heterocycles. The molecule has 2 heterocycles. The number of hydrogen-bond donors (Lipinski definition) is 1. The lowest BCUT2D eigenvalue weighted by molar-refractivity contribution is 0.0600. The van der Waals surface area contributed by atoms with E-state index in [0.29, 0.717) is 16.7 Å². The largest absolute Gasteiger partial charge is 0.465 e. The lowest BCUT2D eigenvalue weighted by atomic mass is 10.00. The maximum Gasteiger partial charge on any atom is 0.338 e. The monoisotopic (exact) mass is 526 g/mol. The number of carbonyl (C=O) groups excluding carboxylic acids is 1. The van der Waals surface area contributed by atoms with E-state index in [4.69, 9.17) is 9.15 Å². The van der Waals surface area contributed by atoms with Crippen molar-refractivity contribution in [1.29, 1.82) is 0 Å². The summed E-state index contributed by atoms with van der Waals surface area (Å²) in [5.41, 5.74) is 2.97. The van der Waals surface area contributed by atoms with Crippen molar-refractivity contribution in [1.82, 2.24) is 4.98 Å². The number of hydrogen-bond acceptors (Lipinski definition) is 7. The fourth-order valence-electron chi connectivity index (χ4n) is 3.87. The summed E-state index contributed by atoms with van der Waals surface area (Å²) in [6.45, 7) is 5.79. The Labute approximate surface area is 212 Å². The summed E-state index contributed by atoms with van der Waals surface area (Å²) in [5.74, 6) is -0.429. The number of fused-ring (bicyclic) bond motifs is 1. The molecular formula is C26H26N2O6S2. The van der Waals surface area contributed by atoms with Crippen LogP contribution < -0.4 is 4.72 Å². The molecule has 2 aromatic carbocycles. The van der Waals surface area contributed by atoms with Gasteiger partial charge in [0, 0.05) is 17.6 Å². The highest BCUT2D eigenvalue weighted by molar-refractivity contribution is 7.92. The molecular weight excluding hydrogens is 500 g/mol. The lowest BCUT2D eigenvalue weighted by Gasteiger charge is -2.12. The molecule has 1 unspecified atom stereocenters. The Morgan fingerprint density at radius 3 is 2.61 bits per heavy atom. The van der Waals surface area contributed by atoms with E-state index in [0.717, 1.165) is 10.9 Å². The average Bonchev–Trinajstić information content (AvgIpc) is 3.29. The number of ether oxygens (including phenoxy) is 1. The highest BCUT2D eigenvalue weighted by Crippen LogP contribution is 2.32. The molecule has 0 saturated heterocycles. The quantitative estimate of drug-likeness (QED) is 0.316. The van der Waals surface area contributed by atoms with Crippen LogP contribution >= 0.6 is 0 Å². The normalized spacial score (nSPS) is 12.6. The van der Waals surface area contributed by atoms with Gasteiger partial charge in [-0.05, 0) is 47.7 Å². The van der Waals surface area contributed by atoms with Gasteiger partial charge in [-0.2, -0.15) is 8.42 Å². The fraction of sp³-hybridized carbons (Fsp3) is 0.231. The first-order valence-electron chi connectivity index (χ1n) is 11.2. The van der Waals surface area contributed by atoms with Crippen molar-refractivity contribution in [2.24, 2.45) is 0 Å². The Balaban J connectivity index is 1.69. The van der Waals surface area contributed by atoms with Gasteiger partial charge in [0.05, 0.1) is 34.9 Å². The third kappa shape index (κ3) is 5.19. The molecule has 188 valence electrons. The summed E-state index contributed by atoms with van der Waals surface area (Å²) in [7, 11) is -4.66. The van der Waals surface area contributed by atoms with Crippen LogP contribution in [0.15, 0.2) is 75.3 Å². The smallest absolute Gasteiger partial charge is 0.338 e. The molecule has 10 heteroatoms. The zero-order valence-corrected chi connectivity index (χ0v) is 21.9. The lowest BCUT2D eigenvalue weighted by Crippen LogP contribution is -2.15. The van der Waals surface area contributed by atoms with E-state index in [-0.39, 0.29) is 33.0 Å². The van der Waals surface area contributed by atoms with Crippen molar-refractivity contribution in [2.45, 2.75) is 42.6 Å². The number of esters is 1. The third-order valence-electron chi connectivity index (χ3n) is 5.62. The second kappa shape index (κ2) is 10.2. The Hall–Kier alpha value is -3.50. The molecule has 0 fully saturated rings. The van der Waals surface area contributed by atoms with Gasteiger partial charge in [0.25, 0.3) is 10.0 Å². The Kier molecular flexibility index (Phi) is 7.28. The molecule has 0 amide bonds. The van der Waals surface area contributed by atoms with Gasteiger partial charge in [0.1, 0.15) is 5.58 Å². The van der Waals surface area contributed by atoms with Gasteiger partial charge in [0.15, 0.2) is 5.03 Å². The highest BCUT2D eigenvalue weighted by Gasteiger charge is 2.25. The molecule has 0 bridgehead atoms. The van der Waals surface area contributed by atoms with Crippen molar-refractivity contribution < 1.29 is 26.6 Å². The van der Waals surface area contributed by atoms with E-state index >= 15 is 0 Å². The van der Waals surface area contributed by atoms with Crippen LogP contribution in [0.1, 0.15) is 46.8 Å². The molecule has 4 aromatic rings. The van der Waals surface area contributed by atoms with E-state index in [9.17, 15) is 17.4 Å². The van der Waals surface area contributed by atoms with E-state index in [2.05, 4.69) is 9.71 Å². The Morgan fingerprint density at radius 1 is 1.14 bits per heavy atom. The van der Waals surface area contributed by atoms with Crippen molar-refractivity contribution in [2.75, 3.05) is 11.8 Å². The number of aromatic nitrogens is 1. The number of furan rings is 1. The van der Waals surface area contributed by atoms with Gasteiger partial charge in [0.2, 0.25) is 5.09 Å². The first-order chi connectivity index (χ1) is 17.1. The third-order valence-corrected chi connectivity index (χ3v) is 8.17. The molecule has 4 rings (SSSR count). The predicted molar refractivity (Wildman–Crippen MR) is 138 cm³/mol. The second-order valence-electron chi connectivity index (χ2n) is 8.59. The Bertz CT molecular complexity index is 1570. The summed E-state index contributed by atoms with van der Waals surface area (Å²) in [6.07, 6.45) is 1.51. The van der Waals surface area contributed by atoms with Crippen LogP contribution in [0.5, 0.6) is 0 Å². The topological polar surface area (TPSA) is 116 Å². The number of methoxy groups -OCH3 is 1. The van der Waals surface area contributed by atoms with Crippen LogP contribution in [-0.2, 0) is 31.3 Å². The molecule has 0 aliphatic carbocycles. The van der Waals surface area contributed by atoms with E-state index < -0.39 is 26.8 Å². The molecule has 0 saturated carbocycles. The molecule has 1 N–H and O–H groups in total. The molecule has 8 nitrogen and oxygen atoms in total. The summed E-state index contributed by atoms with van der Waals surface area (Å²) < 4.78 is 52.9. The minimum Gasteiger partial charge on any atom is -0.465 e. The van der Waals surface area contributed by atoms with E-state index in [1.165, 1.54) is 19.4 Å². The maximum absolute atomic E-state index is 13.3. The van der Waals surface area contributed by atoms with Gasteiger partial charge < -0.3 is 9.15 Å². The number of carbonyl (C=O) groups is 1. The number of sulfonamides is 1. The number of benzene rings is 2. The zero-order chi connectivity index (χ0) is 26.0. The molecule has 0 radical (unpaired) electrons. The fourth-order valence-corrected chi connectivity index (χ4v) is 6.15. The summed E-state index contributed by atoms with van der Waals surface area (Å²) in [5, 5.41) is 0.515. The average molecular weight is 527 g/mol. The van der Waals surface area contributed by atoms with Crippen molar-refractivity contribution in [3.05, 3.63) is 83.0 Å². The molecule has 0 spiro atoms. The van der Waals surface area contributed by atoms with Crippen LogP contribution in [0.4, 0.5) is 5.69 Å². The van der Waals surface area contributed by atoms with Crippen LogP contribution in [0.25, 0.3) is 11.0 Å². The number of nitrogens with one attached hydrogen (secondary N) is 1. The SMILES string of the molecule is COC(=O)c1ccccc1CS(=O)c1ncc(C)cc1NS(=O)(=O)c1cc2c(C(C)C)cccc2o1. The predicted octanol–water partition coefficient (Wildman–Crippen LogP) is 5.15. The minimum absolute atomic E-state index is 0.0443. The molecule has 1 atom stereocenters. The van der Waals surface area contributed by atoms with Crippen LogP contribution in [-0.4, -0.2) is 30.7 Å². The first kappa shape index (κ1) is 25.6. The highest BCUT2D eigenvalue weighted by atomic mass is 32.2. The number of anilines is 1. The molecule has 2 aromatic heterocycles. The number of aryl methyl sites for hydroxylation is 1. The van der Waals surface area contributed by atoms with Crippen LogP contribution in [0, 0.1) is 6.92 Å². The Morgan fingerprint density at radius 2 is 1.89 bits per heavy atom. The van der Waals surface area contributed by atoms with Crippen LogP contribution in [0.2, 0.25) is 0 Å². The van der Waals surface area contributed by atoms with Crippen LogP contribution in [0.3, 0.4) is 0 Å². The molecule has 36 heavy (non-hydrogen) atoms. The van der Waals surface area contributed by atoms with Crippen molar-refractivity contribution in [3.63, 3.8) is 0 Å². The maximum atomic E-state index is 13.3. The number of nitrogens with zero attached hydrogens (tertiary/aromatic N) is 1. The minimum atomic E-state index is -4.15. The van der Waals surface area contributed by atoms with E-state index in [1.54, 1.807) is 43.3 Å². The van der Waals surface area contributed by atoms with Crippen molar-refractivity contribution >= 4 is 43.4 Å². The van der Waals surface area contributed by atoms with Gasteiger partial charge in [-0.15, -0.1) is 0 Å². The van der Waals surface area contributed by atoms with Gasteiger partial charge >= 0.3 is 5.97 Å². The zero-order valence-electron chi connectivity index (χ0n) is 20.3. The van der Waals surface area contributed by atoms with E-state index in [1.807, 2.05) is 26.0 Å². The van der Waals surface area contributed by atoms with Gasteiger partial charge in [-0.3, -0.25) is 8.93 Å². The van der Waals surface area contributed by atoms with Crippen molar-refractivity contribution in [3.8, 4) is 0 Å². The summed E-state index contributed by atoms with van der Waals surface area (Å²) in [4.78, 5) is 16.4. The van der Waals surface area contributed by atoms with Gasteiger partial charge in [-0.1, -0.05) is 44.2 Å². The standard InChI is InChI=1S/C26H26N2O6S2/c1-16(2)19-10-7-11-23-21(19)13-24(34-23)36(31,32)28-22-12-17(3)14-27-25(22)35(30)15-18-8-5-6-9-20(18)26(29)33-4/h5-14,16,28H,15H2,1-4H3.